The van der Waals surface area contributed by atoms with Crippen LogP contribution in [0.1, 0.15) is 44.9 Å². The van der Waals surface area contributed by atoms with Gasteiger partial charge in [0, 0.05) is 12.0 Å². The van der Waals surface area contributed by atoms with Crippen LogP contribution in [0.2, 0.25) is 0 Å². The molecular weight excluding hydrogens is 220 g/mol. The summed E-state index contributed by atoms with van der Waals surface area (Å²) in [6.45, 7) is 3.79. The molecule has 2 rings (SSSR count). The minimum Gasteiger partial charge on any atom is -0.314 e. The summed E-state index contributed by atoms with van der Waals surface area (Å²) < 4.78 is 0. The molecule has 2 heteroatoms. The van der Waals surface area contributed by atoms with E-state index in [1.165, 1.54) is 64.6 Å². The molecule has 2 aliphatic rings. The molecule has 1 aliphatic heterocycles. The summed E-state index contributed by atoms with van der Waals surface area (Å²) in [5, 5.41) is 3.74. The van der Waals surface area contributed by atoms with Crippen molar-refractivity contribution in [1.29, 1.82) is 0 Å². The SMILES string of the molecule is C#CC1CCC(NCCC2CCN(C)CC2)CC1. The summed E-state index contributed by atoms with van der Waals surface area (Å²) in [5.41, 5.74) is 0. The zero-order valence-corrected chi connectivity index (χ0v) is 11.8. The van der Waals surface area contributed by atoms with Crippen molar-refractivity contribution >= 4 is 0 Å². The van der Waals surface area contributed by atoms with Crippen LogP contribution < -0.4 is 5.32 Å². The Morgan fingerprint density at radius 1 is 1.11 bits per heavy atom. The predicted molar refractivity (Wildman–Crippen MR) is 77.4 cm³/mol. The van der Waals surface area contributed by atoms with E-state index in [0.717, 1.165) is 12.0 Å². The molecule has 0 bridgehead atoms. The van der Waals surface area contributed by atoms with Crippen LogP contribution in [0.25, 0.3) is 0 Å². The van der Waals surface area contributed by atoms with Gasteiger partial charge in [0.1, 0.15) is 0 Å². The van der Waals surface area contributed by atoms with Crippen molar-refractivity contribution < 1.29 is 0 Å². The van der Waals surface area contributed by atoms with Gasteiger partial charge in [-0.25, -0.2) is 0 Å². The lowest BCUT2D eigenvalue weighted by molar-refractivity contribution is 0.208. The maximum absolute atomic E-state index is 5.48. The third kappa shape index (κ3) is 4.30. The first kappa shape index (κ1) is 13.9. The number of hydrogen-bond donors (Lipinski definition) is 1. The topological polar surface area (TPSA) is 15.3 Å². The molecule has 0 spiro atoms. The maximum Gasteiger partial charge on any atom is 0.0201 e. The molecule has 18 heavy (non-hydrogen) atoms. The second-order valence-corrected chi connectivity index (χ2v) is 6.20. The molecule has 1 aliphatic carbocycles. The van der Waals surface area contributed by atoms with Gasteiger partial charge in [0.15, 0.2) is 0 Å². The van der Waals surface area contributed by atoms with Gasteiger partial charge in [-0.15, -0.1) is 12.3 Å². The third-order valence-corrected chi connectivity index (χ3v) is 4.79. The van der Waals surface area contributed by atoms with Gasteiger partial charge in [-0.3, -0.25) is 0 Å². The van der Waals surface area contributed by atoms with Gasteiger partial charge >= 0.3 is 0 Å². The fourth-order valence-corrected chi connectivity index (χ4v) is 3.31. The van der Waals surface area contributed by atoms with Gasteiger partial charge in [0.05, 0.1) is 0 Å². The Bertz CT molecular complexity index is 265. The van der Waals surface area contributed by atoms with Crippen LogP contribution in [-0.2, 0) is 0 Å². The van der Waals surface area contributed by atoms with Gasteiger partial charge in [0.25, 0.3) is 0 Å². The van der Waals surface area contributed by atoms with Crippen molar-refractivity contribution in [1.82, 2.24) is 10.2 Å². The zero-order chi connectivity index (χ0) is 12.8. The lowest BCUT2D eigenvalue weighted by Crippen LogP contribution is -2.36. The van der Waals surface area contributed by atoms with Gasteiger partial charge in [-0.1, -0.05) is 0 Å². The molecule has 2 fully saturated rings. The minimum absolute atomic E-state index is 0.553. The summed E-state index contributed by atoms with van der Waals surface area (Å²) in [5.74, 6) is 4.41. The van der Waals surface area contributed by atoms with Crippen LogP contribution >= 0.6 is 0 Å². The highest BCUT2D eigenvalue weighted by molar-refractivity contribution is 4.96. The van der Waals surface area contributed by atoms with Crippen molar-refractivity contribution in [3.05, 3.63) is 0 Å². The number of piperidine rings is 1. The Morgan fingerprint density at radius 3 is 2.39 bits per heavy atom. The summed E-state index contributed by atoms with van der Waals surface area (Å²) in [6, 6.07) is 0.737. The Hall–Kier alpha value is -0.520. The highest BCUT2D eigenvalue weighted by atomic mass is 15.1. The Morgan fingerprint density at radius 2 is 1.78 bits per heavy atom. The average molecular weight is 248 g/mol. The van der Waals surface area contributed by atoms with Crippen molar-refractivity contribution in [2.24, 2.45) is 11.8 Å². The lowest BCUT2D eigenvalue weighted by Gasteiger charge is -2.30. The smallest absolute Gasteiger partial charge is 0.0201 e. The van der Waals surface area contributed by atoms with Crippen molar-refractivity contribution in [2.45, 2.75) is 51.0 Å². The van der Waals surface area contributed by atoms with Crippen LogP contribution in [0.4, 0.5) is 0 Å². The average Bonchev–Trinajstić information content (AvgIpc) is 2.42. The molecule has 2 nitrogen and oxygen atoms in total. The van der Waals surface area contributed by atoms with E-state index in [1.54, 1.807) is 0 Å². The second kappa shape index (κ2) is 7.16. The number of terminal acetylenes is 1. The van der Waals surface area contributed by atoms with Gasteiger partial charge in [0.2, 0.25) is 0 Å². The first-order chi connectivity index (χ1) is 8.78. The molecule has 0 amide bonds. The van der Waals surface area contributed by atoms with Crippen molar-refractivity contribution in [2.75, 3.05) is 26.7 Å². The van der Waals surface area contributed by atoms with E-state index in [9.17, 15) is 0 Å². The standard InChI is InChI=1S/C16H28N2/c1-3-14-4-6-16(7-5-14)17-11-8-15-9-12-18(2)13-10-15/h1,14-17H,4-13H2,2H3. The Labute approximate surface area is 113 Å². The molecule has 0 unspecified atom stereocenters. The summed E-state index contributed by atoms with van der Waals surface area (Å²) in [7, 11) is 2.23. The van der Waals surface area contributed by atoms with E-state index in [0.29, 0.717) is 5.92 Å². The largest absolute Gasteiger partial charge is 0.314 e. The Balaban J connectivity index is 1.55. The molecule has 0 aromatic carbocycles. The summed E-state index contributed by atoms with van der Waals surface area (Å²) in [6.07, 6.45) is 14.6. The van der Waals surface area contributed by atoms with Crippen LogP contribution in [0.15, 0.2) is 0 Å². The van der Waals surface area contributed by atoms with E-state index < -0.39 is 0 Å². The minimum atomic E-state index is 0.553. The fraction of sp³-hybridized carbons (Fsp3) is 0.875. The third-order valence-electron chi connectivity index (χ3n) is 4.79. The van der Waals surface area contributed by atoms with Crippen molar-refractivity contribution in [3.8, 4) is 12.3 Å². The van der Waals surface area contributed by atoms with Crippen LogP contribution in [0.3, 0.4) is 0 Å². The zero-order valence-electron chi connectivity index (χ0n) is 11.8. The normalized spacial score (nSPS) is 31.1. The maximum atomic E-state index is 5.48. The molecule has 0 aromatic rings. The number of hydrogen-bond acceptors (Lipinski definition) is 2. The quantitative estimate of drug-likeness (QED) is 0.769. The molecule has 102 valence electrons. The number of nitrogens with zero attached hydrogens (tertiary/aromatic N) is 1. The molecule has 0 radical (unpaired) electrons. The Kier molecular flexibility index (Phi) is 5.53. The number of rotatable bonds is 4. The summed E-state index contributed by atoms with van der Waals surface area (Å²) >= 11 is 0. The van der Waals surface area contributed by atoms with Crippen LogP contribution in [0, 0.1) is 24.2 Å². The van der Waals surface area contributed by atoms with Crippen LogP contribution in [-0.4, -0.2) is 37.6 Å². The molecule has 1 saturated heterocycles. The fourth-order valence-electron chi connectivity index (χ4n) is 3.31. The lowest BCUT2D eigenvalue weighted by atomic mass is 9.86. The molecule has 1 N–H and O–H groups in total. The highest BCUT2D eigenvalue weighted by Gasteiger charge is 2.20. The highest BCUT2D eigenvalue weighted by Crippen LogP contribution is 2.24. The first-order valence-corrected chi connectivity index (χ1v) is 7.66. The second-order valence-electron chi connectivity index (χ2n) is 6.20. The van der Waals surface area contributed by atoms with Gasteiger partial charge in [-0.2, -0.15) is 0 Å². The number of nitrogens with one attached hydrogen (secondary N) is 1. The van der Waals surface area contributed by atoms with E-state index in [-0.39, 0.29) is 0 Å². The van der Waals surface area contributed by atoms with E-state index in [4.69, 9.17) is 6.42 Å². The predicted octanol–water partition coefficient (Wildman–Crippen LogP) is 2.50. The monoisotopic (exact) mass is 248 g/mol. The van der Waals surface area contributed by atoms with Crippen molar-refractivity contribution in [3.63, 3.8) is 0 Å². The number of likely N-dealkylation sites (tertiary alicyclic amines) is 1. The van der Waals surface area contributed by atoms with E-state index in [1.807, 2.05) is 0 Å². The first-order valence-electron chi connectivity index (χ1n) is 7.66. The summed E-state index contributed by atoms with van der Waals surface area (Å²) in [4.78, 5) is 2.45. The molecule has 1 heterocycles. The molecule has 0 atom stereocenters. The van der Waals surface area contributed by atoms with Gasteiger partial charge < -0.3 is 10.2 Å². The van der Waals surface area contributed by atoms with E-state index >= 15 is 0 Å². The van der Waals surface area contributed by atoms with Crippen LogP contribution in [0.5, 0.6) is 0 Å². The molecule has 0 aromatic heterocycles. The molecular formula is C16H28N2. The molecule has 1 saturated carbocycles. The van der Waals surface area contributed by atoms with Gasteiger partial charge in [-0.05, 0) is 77.5 Å². The van der Waals surface area contributed by atoms with E-state index in [2.05, 4.69) is 23.2 Å².